The summed E-state index contributed by atoms with van der Waals surface area (Å²) in [7, 11) is 1.80. The van der Waals surface area contributed by atoms with Crippen LogP contribution in [0, 0.1) is 0 Å². The van der Waals surface area contributed by atoms with Crippen molar-refractivity contribution in [2.24, 2.45) is 7.05 Å². The van der Waals surface area contributed by atoms with Gasteiger partial charge in [0, 0.05) is 13.5 Å². The van der Waals surface area contributed by atoms with Crippen LogP contribution >= 0.6 is 0 Å². The Hall–Kier alpha value is -2.65. The summed E-state index contributed by atoms with van der Waals surface area (Å²) in [6.07, 6.45) is -0.430. The molecular formula is C14H15F3N6O. The third kappa shape index (κ3) is 3.31. The summed E-state index contributed by atoms with van der Waals surface area (Å²) in [6.45, 7) is 0. The van der Waals surface area contributed by atoms with Crippen molar-refractivity contribution in [1.29, 1.82) is 0 Å². The second-order valence-corrected chi connectivity index (χ2v) is 5.57. The summed E-state index contributed by atoms with van der Waals surface area (Å²) in [6, 6.07) is 1.51. The molecule has 0 aliphatic carbocycles. The van der Waals surface area contributed by atoms with Crippen LogP contribution in [0.3, 0.4) is 0 Å². The van der Waals surface area contributed by atoms with Crippen LogP contribution in [0.4, 0.5) is 19.0 Å². The zero-order valence-electron chi connectivity index (χ0n) is 12.7. The highest BCUT2D eigenvalue weighted by Gasteiger charge is 2.34. The maximum absolute atomic E-state index is 12.5. The van der Waals surface area contributed by atoms with Crippen LogP contribution in [0.25, 0.3) is 0 Å². The van der Waals surface area contributed by atoms with Gasteiger partial charge in [0.15, 0.2) is 5.69 Å². The average Bonchev–Trinajstić information content (AvgIpc) is 2.95. The van der Waals surface area contributed by atoms with Gasteiger partial charge in [0.1, 0.15) is 5.82 Å². The highest BCUT2D eigenvalue weighted by atomic mass is 19.4. The molecule has 10 heteroatoms. The van der Waals surface area contributed by atoms with Gasteiger partial charge in [0.05, 0.1) is 30.3 Å². The molecule has 3 heterocycles. The highest BCUT2D eigenvalue weighted by molar-refractivity contribution is 5.77. The molecule has 0 saturated carbocycles. The first-order valence-electron chi connectivity index (χ1n) is 7.27. The molecule has 2 atom stereocenters. The first-order chi connectivity index (χ1) is 11.3. The molecule has 2 aromatic rings. The average molecular weight is 340 g/mol. The lowest BCUT2D eigenvalue weighted by Gasteiger charge is -2.33. The highest BCUT2D eigenvalue weighted by Crippen LogP contribution is 2.29. The Morgan fingerprint density at radius 1 is 1.33 bits per heavy atom. The van der Waals surface area contributed by atoms with Crippen molar-refractivity contribution in [2.45, 2.75) is 31.1 Å². The standard InChI is InChI=1S/C14H15F3N6O/c1-23-7-18-6-9(23)13-8(2-5-12(24)20-13)19-11-4-3-10(21-22-11)14(15,16)17/h3-4,6-8,13H,2,5H2,1H3,(H,19,22)(H,20,24)/t8-,13-/m1/s1. The summed E-state index contributed by atoms with van der Waals surface area (Å²) in [5.74, 6) is 0.133. The van der Waals surface area contributed by atoms with Gasteiger partial charge in [-0.2, -0.15) is 13.2 Å². The van der Waals surface area contributed by atoms with Gasteiger partial charge in [-0.05, 0) is 18.6 Å². The predicted molar refractivity (Wildman–Crippen MR) is 77.8 cm³/mol. The summed E-state index contributed by atoms with van der Waals surface area (Å²) in [5, 5.41) is 12.7. The third-order valence-electron chi connectivity index (χ3n) is 3.86. The van der Waals surface area contributed by atoms with Gasteiger partial charge in [-0.15, -0.1) is 10.2 Å². The smallest absolute Gasteiger partial charge is 0.363 e. The number of imidazole rings is 1. The SMILES string of the molecule is Cn1cncc1[C@@H]1NC(=O)CC[C@H]1Nc1ccc(C(F)(F)F)nn1. The van der Waals surface area contributed by atoms with Crippen molar-refractivity contribution < 1.29 is 18.0 Å². The molecule has 128 valence electrons. The fourth-order valence-electron chi connectivity index (χ4n) is 2.65. The largest absolute Gasteiger partial charge is 0.435 e. The van der Waals surface area contributed by atoms with E-state index in [0.29, 0.717) is 12.8 Å². The van der Waals surface area contributed by atoms with Crippen molar-refractivity contribution in [3.63, 3.8) is 0 Å². The number of hydrogen-bond acceptors (Lipinski definition) is 5. The summed E-state index contributed by atoms with van der Waals surface area (Å²) in [5.41, 5.74) is -0.256. The second-order valence-electron chi connectivity index (χ2n) is 5.57. The maximum Gasteiger partial charge on any atom is 0.435 e. The Balaban J connectivity index is 1.79. The van der Waals surface area contributed by atoms with E-state index in [1.165, 1.54) is 6.07 Å². The van der Waals surface area contributed by atoms with Crippen molar-refractivity contribution in [1.82, 2.24) is 25.1 Å². The third-order valence-corrected chi connectivity index (χ3v) is 3.86. The lowest BCUT2D eigenvalue weighted by molar-refractivity contribution is -0.141. The van der Waals surface area contributed by atoms with Crippen LogP contribution in [-0.2, 0) is 18.0 Å². The van der Waals surface area contributed by atoms with Crippen LogP contribution in [0.1, 0.15) is 30.3 Å². The molecule has 2 aromatic heterocycles. The van der Waals surface area contributed by atoms with E-state index in [2.05, 4.69) is 25.8 Å². The molecule has 0 bridgehead atoms. The molecule has 1 fully saturated rings. The van der Waals surface area contributed by atoms with E-state index in [0.717, 1.165) is 11.8 Å². The number of amides is 1. The number of piperidine rings is 1. The molecule has 1 amide bonds. The van der Waals surface area contributed by atoms with Crippen molar-refractivity contribution in [3.05, 3.63) is 36.0 Å². The molecule has 0 radical (unpaired) electrons. The van der Waals surface area contributed by atoms with Crippen LogP contribution < -0.4 is 10.6 Å². The van der Waals surface area contributed by atoms with E-state index >= 15 is 0 Å². The van der Waals surface area contributed by atoms with Gasteiger partial charge < -0.3 is 15.2 Å². The Morgan fingerprint density at radius 3 is 2.71 bits per heavy atom. The molecule has 1 saturated heterocycles. The normalized spacial score (nSPS) is 21.4. The van der Waals surface area contributed by atoms with Crippen LogP contribution in [0.15, 0.2) is 24.7 Å². The van der Waals surface area contributed by atoms with Gasteiger partial charge in [-0.1, -0.05) is 0 Å². The summed E-state index contributed by atoms with van der Waals surface area (Å²) < 4.78 is 39.4. The summed E-state index contributed by atoms with van der Waals surface area (Å²) in [4.78, 5) is 15.7. The molecule has 24 heavy (non-hydrogen) atoms. The minimum Gasteiger partial charge on any atom is -0.363 e. The van der Waals surface area contributed by atoms with Gasteiger partial charge in [0.2, 0.25) is 5.91 Å². The number of anilines is 1. The number of carbonyl (C=O) groups excluding carboxylic acids is 1. The van der Waals surface area contributed by atoms with Gasteiger partial charge in [0.25, 0.3) is 0 Å². The number of aryl methyl sites for hydroxylation is 1. The number of halogens is 3. The second kappa shape index (κ2) is 6.10. The predicted octanol–water partition coefficient (Wildman–Crippen LogP) is 1.66. The molecule has 0 spiro atoms. The molecule has 2 N–H and O–H groups in total. The Bertz CT molecular complexity index is 727. The van der Waals surface area contributed by atoms with Gasteiger partial charge in [-0.3, -0.25) is 4.79 Å². The first-order valence-corrected chi connectivity index (χ1v) is 7.27. The maximum atomic E-state index is 12.5. The molecule has 7 nitrogen and oxygen atoms in total. The summed E-state index contributed by atoms with van der Waals surface area (Å²) >= 11 is 0. The molecule has 0 aromatic carbocycles. The fourth-order valence-corrected chi connectivity index (χ4v) is 2.65. The fraction of sp³-hybridized carbons (Fsp3) is 0.429. The zero-order valence-corrected chi connectivity index (χ0v) is 12.7. The first kappa shape index (κ1) is 16.2. The van der Waals surface area contributed by atoms with Gasteiger partial charge >= 0.3 is 6.18 Å². The Kier molecular flexibility index (Phi) is 4.12. The number of carbonyl (C=O) groups is 1. The van der Waals surface area contributed by atoms with E-state index < -0.39 is 11.9 Å². The minimum atomic E-state index is -4.53. The van der Waals surface area contributed by atoms with E-state index in [4.69, 9.17) is 0 Å². The zero-order chi connectivity index (χ0) is 17.3. The van der Waals surface area contributed by atoms with Crippen molar-refractivity contribution in [3.8, 4) is 0 Å². The topological polar surface area (TPSA) is 84.7 Å². The minimum absolute atomic E-state index is 0.0854. The van der Waals surface area contributed by atoms with Crippen molar-refractivity contribution >= 4 is 11.7 Å². The van der Waals surface area contributed by atoms with Gasteiger partial charge in [-0.25, -0.2) is 4.98 Å². The molecule has 1 aliphatic heterocycles. The van der Waals surface area contributed by atoms with E-state index in [1.807, 2.05) is 0 Å². The molecular weight excluding hydrogens is 325 g/mol. The van der Waals surface area contributed by atoms with Crippen LogP contribution in [0.5, 0.6) is 0 Å². The quantitative estimate of drug-likeness (QED) is 0.888. The molecule has 0 unspecified atom stereocenters. The number of alkyl halides is 3. The number of hydrogen-bond donors (Lipinski definition) is 2. The van der Waals surface area contributed by atoms with Crippen LogP contribution in [0.2, 0.25) is 0 Å². The number of aromatic nitrogens is 4. The molecule has 3 rings (SSSR count). The number of nitrogens with zero attached hydrogens (tertiary/aromatic N) is 4. The Morgan fingerprint density at radius 2 is 2.12 bits per heavy atom. The molecule has 1 aliphatic rings. The van der Waals surface area contributed by atoms with E-state index in [9.17, 15) is 18.0 Å². The lowest BCUT2D eigenvalue weighted by Crippen LogP contribution is -2.45. The van der Waals surface area contributed by atoms with E-state index in [-0.39, 0.29) is 23.8 Å². The number of rotatable bonds is 3. The monoisotopic (exact) mass is 340 g/mol. The number of nitrogens with one attached hydrogen (secondary N) is 2. The lowest BCUT2D eigenvalue weighted by atomic mass is 9.95. The van der Waals surface area contributed by atoms with Crippen LogP contribution in [-0.4, -0.2) is 31.7 Å². The Labute approximate surface area is 135 Å². The van der Waals surface area contributed by atoms with E-state index in [1.54, 1.807) is 24.1 Å². The van der Waals surface area contributed by atoms with Crippen molar-refractivity contribution in [2.75, 3.05) is 5.32 Å².